The smallest absolute Gasteiger partial charge is 0.307 e. The molecule has 1 aliphatic carbocycles. The standard InChI is InChI=1S/C36H64N2O6/c1-6-7-8-9-10-11-12-13-14-15-16-17-18-19-20-24-31(39)38-29-22-21-23-30(27-29)43-32(40)25-26-37-34(41)33-35(2,3)28-42-36(4,5)44-33/h13-14,29-30,33H,6-12,15-28H2,1-5H3,(H,37,41)(H,38,39)/b14-13-. The Morgan fingerprint density at radius 3 is 2.16 bits per heavy atom. The molecule has 3 unspecified atom stereocenters. The zero-order chi connectivity index (χ0) is 32.3. The van der Waals surface area contributed by atoms with Crippen LogP contribution in [0.25, 0.3) is 0 Å². The summed E-state index contributed by atoms with van der Waals surface area (Å²) in [6.45, 7) is 10.3. The fraction of sp³-hybridized carbons (Fsp3) is 0.861. The first kappa shape index (κ1) is 38.3. The fourth-order valence-corrected chi connectivity index (χ4v) is 5.99. The Morgan fingerprint density at radius 2 is 1.48 bits per heavy atom. The third kappa shape index (κ3) is 16.4. The summed E-state index contributed by atoms with van der Waals surface area (Å²) in [6.07, 6.45) is 24.0. The molecule has 254 valence electrons. The van der Waals surface area contributed by atoms with Gasteiger partial charge in [0.15, 0.2) is 5.79 Å². The summed E-state index contributed by atoms with van der Waals surface area (Å²) in [5.74, 6) is -1.30. The Bertz CT molecular complexity index is 871. The lowest BCUT2D eigenvalue weighted by molar-refractivity contribution is -0.304. The molecule has 2 fully saturated rings. The number of unbranched alkanes of at least 4 members (excludes halogenated alkanes) is 11. The molecular formula is C36H64N2O6. The Hall–Kier alpha value is -1.93. The van der Waals surface area contributed by atoms with E-state index in [0.717, 1.165) is 32.1 Å². The van der Waals surface area contributed by atoms with Gasteiger partial charge in [-0.05, 0) is 65.2 Å². The van der Waals surface area contributed by atoms with E-state index >= 15 is 0 Å². The second-order valence-corrected chi connectivity index (χ2v) is 14.1. The van der Waals surface area contributed by atoms with Gasteiger partial charge in [-0.15, -0.1) is 0 Å². The number of carbonyl (C=O) groups excluding carboxylic acids is 3. The van der Waals surface area contributed by atoms with Gasteiger partial charge in [-0.2, -0.15) is 0 Å². The molecule has 1 saturated carbocycles. The number of amides is 2. The lowest BCUT2D eigenvalue weighted by atomic mass is 9.85. The molecule has 44 heavy (non-hydrogen) atoms. The molecule has 2 rings (SSSR count). The predicted molar refractivity (Wildman–Crippen MR) is 176 cm³/mol. The Labute approximate surface area is 268 Å². The number of carbonyl (C=O) groups is 3. The second-order valence-electron chi connectivity index (χ2n) is 14.1. The molecule has 8 nitrogen and oxygen atoms in total. The largest absolute Gasteiger partial charge is 0.462 e. The van der Waals surface area contributed by atoms with Crippen molar-refractivity contribution in [1.29, 1.82) is 0 Å². The lowest BCUT2D eigenvalue weighted by Crippen LogP contribution is -2.56. The highest BCUT2D eigenvalue weighted by atomic mass is 16.7. The van der Waals surface area contributed by atoms with Crippen LogP contribution in [-0.2, 0) is 28.6 Å². The maximum Gasteiger partial charge on any atom is 0.307 e. The Balaban J connectivity index is 1.50. The second kappa shape index (κ2) is 21.0. The van der Waals surface area contributed by atoms with E-state index in [4.69, 9.17) is 14.2 Å². The van der Waals surface area contributed by atoms with Gasteiger partial charge in [-0.3, -0.25) is 14.4 Å². The summed E-state index contributed by atoms with van der Waals surface area (Å²) in [5, 5.41) is 5.98. The zero-order valence-corrected chi connectivity index (χ0v) is 28.7. The molecule has 0 aromatic carbocycles. The minimum Gasteiger partial charge on any atom is -0.462 e. The van der Waals surface area contributed by atoms with Gasteiger partial charge in [0.25, 0.3) is 0 Å². The van der Waals surface area contributed by atoms with E-state index < -0.39 is 17.3 Å². The summed E-state index contributed by atoms with van der Waals surface area (Å²) in [7, 11) is 0. The van der Waals surface area contributed by atoms with E-state index in [1.54, 1.807) is 13.8 Å². The number of hydrogen-bond donors (Lipinski definition) is 2. The topological polar surface area (TPSA) is 103 Å². The molecule has 3 atom stereocenters. The summed E-state index contributed by atoms with van der Waals surface area (Å²) in [5.41, 5.74) is -0.467. The van der Waals surface area contributed by atoms with Gasteiger partial charge >= 0.3 is 5.97 Å². The van der Waals surface area contributed by atoms with Crippen molar-refractivity contribution in [2.45, 2.75) is 181 Å². The van der Waals surface area contributed by atoms with Crippen molar-refractivity contribution < 1.29 is 28.6 Å². The monoisotopic (exact) mass is 620 g/mol. The highest BCUT2D eigenvalue weighted by Gasteiger charge is 2.45. The van der Waals surface area contributed by atoms with Crippen LogP contribution in [0, 0.1) is 5.41 Å². The molecule has 2 aliphatic rings. The van der Waals surface area contributed by atoms with Crippen molar-refractivity contribution >= 4 is 17.8 Å². The first-order chi connectivity index (χ1) is 21.0. The maximum absolute atomic E-state index is 12.8. The Morgan fingerprint density at radius 1 is 0.841 bits per heavy atom. The molecule has 1 saturated heterocycles. The first-order valence-corrected chi connectivity index (χ1v) is 17.8. The van der Waals surface area contributed by atoms with E-state index in [1.165, 1.54) is 70.6 Å². The number of ether oxygens (including phenoxy) is 3. The molecule has 1 aliphatic heterocycles. The molecule has 0 spiro atoms. The number of hydrogen-bond acceptors (Lipinski definition) is 6. The predicted octanol–water partition coefficient (Wildman–Crippen LogP) is 7.68. The number of allylic oxidation sites excluding steroid dienone is 2. The molecular weight excluding hydrogens is 556 g/mol. The van der Waals surface area contributed by atoms with Gasteiger partial charge in [-0.1, -0.05) is 84.3 Å². The average molecular weight is 621 g/mol. The van der Waals surface area contributed by atoms with Crippen LogP contribution >= 0.6 is 0 Å². The molecule has 0 bridgehead atoms. The van der Waals surface area contributed by atoms with Gasteiger partial charge in [0, 0.05) is 30.8 Å². The fourth-order valence-electron chi connectivity index (χ4n) is 5.99. The molecule has 8 heteroatoms. The summed E-state index contributed by atoms with van der Waals surface area (Å²) in [6, 6.07) is 0.0492. The number of nitrogens with one attached hydrogen (secondary N) is 2. The summed E-state index contributed by atoms with van der Waals surface area (Å²) >= 11 is 0. The highest BCUT2D eigenvalue weighted by Crippen LogP contribution is 2.34. The maximum atomic E-state index is 12.8. The van der Waals surface area contributed by atoms with Crippen LogP contribution in [0.2, 0.25) is 0 Å². The number of rotatable bonds is 21. The first-order valence-electron chi connectivity index (χ1n) is 17.8. The number of esters is 1. The lowest BCUT2D eigenvalue weighted by Gasteiger charge is -2.44. The minimum atomic E-state index is -0.826. The van der Waals surface area contributed by atoms with Gasteiger partial charge in [0.05, 0.1) is 13.0 Å². The van der Waals surface area contributed by atoms with Crippen LogP contribution in [0.1, 0.15) is 157 Å². The molecule has 0 aromatic heterocycles. The normalized spacial score (nSPS) is 22.9. The SMILES string of the molecule is CCCCCCCC/C=C\CCCCCCCC(=O)NC1CCCC(OC(=O)CCNC(=O)C2OC(C)(C)OCC2(C)C)C1. The van der Waals surface area contributed by atoms with E-state index in [-0.39, 0.29) is 42.9 Å². The van der Waals surface area contributed by atoms with Crippen molar-refractivity contribution in [1.82, 2.24) is 10.6 Å². The van der Waals surface area contributed by atoms with Gasteiger partial charge in [0.1, 0.15) is 12.2 Å². The van der Waals surface area contributed by atoms with Crippen LogP contribution in [0.5, 0.6) is 0 Å². The van der Waals surface area contributed by atoms with E-state index in [9.17, 15) is 14.4 Å². The average Bonchev–Trinajstić information content (AvgIpc) is 2.96. The third-order valence-electron chi connectivity index (χ3n) is 8.72. The van der Waals surface area contributed by atoms with Gasteiger partial charge < -0.3 is 24.8 Å². The zero-order valence-electron chi connectivity index (χ0n) is 28.7. The van der Waals surface area contributed by atoms with Crippen molar-refractivity contribution in [3.63, 3.8) is 0 Å². The quantitative estimate of drug-likeness (QED) is 0.0775. The molecule has 0 radical (unpaired) electrons. The molecule has 1 heterocycles. The summed E-state index contributed by atoms with van der Waals surface area (Å²) < 4.78 is 17.2. The molecule has 2 N–H and O–H groups in total. The van der Waals surface area contributed by atoms with Crippen LogP contribution in [-0.4, -0.2) is 55.0 Å². The van der Waals surface area contributed by atoms with Gasteiger partial charge in [0.2, 0.25) is 11.8 Å². The minimum absolute atomic E-state index is 0.0492. The van der Waals surface area contributed by atoms with Crippen LogP contribution in [0.15, 0.2) is 12.2 Å². The van der Waals surface area contributed by atoms with Crippen LogP contribution in [0.4, 0.5) is 0 Å². The molecule has 2 amide bonds. The Kier molecular flexibility index (Phi) is 18.2. The van der Waals surface area contributed by atoms with Crippen molar-refractivity contribution in [2.75, 3.05) is 13.2 Å². The van der Waals surface area contributed by atoms with E-state index in [1.807, 2.05) is 13.8 Å². The highest BCUT2D eigenvalue weighted by molar-refractivity contribution is 5.82. The van der Waals surface area contributed by atoms with Gasteiger partial charge in [-0.25, -0.2) is 0 Å². The summed E-state index contributed by atoms with van der Waals surface area (Å²) in [4.78, 5) is 37.7. The van der Waals surface area contributed by atoms with Crippen LogP contribution in [0.3, 0.4) is 0 Å². The van der Waals surface area contributed by atoms with E-state index in [2.05, 4.69) is 29.7 Å². The molecule has 0 aromatic rings. The van der Waals surface area contributed by atoms with Crippen molar-refractivity contribution in [2.24, 2.45) is 5.41 Å². The van der Waals surface area contributed by atoms with Crippen molar-refractivity contribution in [3.05, 3.63) is 12.2 Å². The van der Waals surface area contributed by atoms with Crippen molar-refractivity contribution in [3.8, 4) is 0 Å². The van der Waals surface area contributed by atoms with E-state index in [0.29, 0.717) is 19.4 Å². The third-order valence-corrected chi connectivity index (χ3v) is 8.72. The van der Waals surface area contributed by atoms with Crippen LogP contribution < -0.4 is 10.6 Å².